The summed E-state index contributed by atoms with van der Waals surface area (Å²) in [5.41, 5.74) is -2.12. The third-order valence-electron chi connectivity index (χ3n) is 5.26. The molecule has 45 heavy (non-hydrogen) atoms. The predicted octanol–water partition coefficient (Wildman–Crippen LogP) is 7.14. The molecule has 0 aromatic heterocycles. The van der Waals surface area contributed by atoms with Crippen molar-refractivity contribution in [3.05, 3.63) is 0 Å². The van der Waals surface area contributed by atoms with Crippen LogP contribution in [0.4, 0.5) is 83.4 Å². The fourth-order valence-corrected chi connectivity index (χ4v) is 5.02. The fourth-order valence-electron chi connectivity index (χ4n) is 2.76. The molecule has 0 aromatic carbocycles. The minimum absolute atomic E-state index is 0.683. The lowest BCUT2D eigenvalue weighted by Crippen LogP contribution is -2.56. The molecule has 7 nitrogen and oxygen atoms in total. The number of ether oxygens (including phenoxy) is 4. The summed E-state index contributed by atoms with van der Waals surface area (Å²) in [5.74, 6) is -19.4. The van der Waals surface area contributed by atoms with Crippen LogP contribution in [0.1, 0.15) is 13.3 Å². The number of hydrogen-bond donors (Lipinski definition) is 0. The number of alkyl halides is 19. The molecule has 3 unspecified atom stereocenters. The van der Waals surface area contributed by atoms with Crippen LogP contribution in [-0.2, 0) is 32.2 Å². The summed E-state index contributed by atoms with van der Waals surface area (Å²) in [4.78, 5) is 0. The molecule has 0 aromatic rings. The van der Waals surface area contributed by atoms with Gasteiger partial charge < -0.3 is 22.8 Å². The second kappa shape index (κ2) is 14.4. The molecule has 0 bridgehead atoms. The Labute approximate surface area is 240 Å². The average molecular weight is 738 g/mol. The lowest BCUT2D eigenvalue weighted by atomic mass is 10.2. The van der Waals surface area contributed by atoms with E-state index in [4.69, 9.17) is 13.3 Å². The summed E-state index contributed by atoms with van der Waals surface area (Å²) in [6.45, 7) is -4.48. The van der Waals surface area contributed by atoms with Gasteiger partial charge in [-0.15, -0.1) is 0 Å². The molecule has 3 atom stereocenters. The van der Waals surface area contributed by atoms with Gasteiger partial charge in [0.15, 0.2) is 0 Å². The normalized spacial score (nSPS) is 17.4. The molecular weight excluding hydrogens is 717 g/mol. The van der Waals surface area contributed by atoms with Crippen molar-refractivity contribution >= 4 is 8.80 Å². The van der Waals surface area contributed by atoms with Gasteiger partial charge in [-0.05, 0) is 6.42 Å². The van der Waals surface area contributed by atoms with E-state index in [2.05, 4.69) is 18.9 Å². The Bertz CT molecular complexity index is 918. The Hall–Kier alpha value is -1.39. The van der Waals surface area contributed by atoms with Gasteiger partial charge in [0.1, 0.15) is 0 Å². The molecular formula is C18H21F19O7Si. The Kier molecular flexibility index (Phi) is 13.9. The molecule has 0 spiro atoms. The Balaban J connectivity index is 5.84. The van der Waals surface area contributed by atoms with Crippen LogP contribution in [0.25, 0.3) is 0 Å². The fraction of sp³-hybridized carbons (Fsp3) is 1.00. The average Bonchev–Trinajstić information content (AvgIpc) is 2.85. The summed E-state index contributed by atoms with van der Waals surface area (Å²) in [7, 11) is -2.52. The summed E-state index contributed by atoms with van der Waals surface area (Å²) in [6, 6.07) is 0. The molecule has 0 rings (SSSR count). The molecule has 272 valence electrons. The molecule has 0 saturated heterocycles. The van der Waals surface area contributed by atoms with Crippen LogP contribution in [0, 0.1) is 0 Å². The number of hydrogen-bond acceptors (Lipinski definition) is 7. The van der Waals surface area contributed by atoms with Gasteiger partial charge in [0.25, 0.3) is 12.7 Å². The maximum atomic E-state index is 14.0. The van der Waals surface area contributed by atoms with Crippen LogP contribution in [0.3, 0.4) is 0 Å². The van der Waals surface area contributed by atoms with Gasteiger partial charge in [0.05, 0.1) is 18.8 Å². The number of halogens is 19. The van der Waals surface area contributed by atoms with Crippen LogP contribution in [0.2, 0.25) is 5.54 Å². The van der Waals surface area contributed by atoms with Crippen molar-refractivity contribution in [3.63, 3.8) is 0 Å². The highest BCUT2D eigenvalue weighted by Gasteiger charge is 2.76. The molecule has 0 N–H and O–H groups in total. The van der Waals surface area contributed by atoms with E-state index in [-0.39, 0.29) is 0 Å². The lowest BCUT2D eigenvalue weighted by Gasteiger charge is -2.35. The second-order valence-electron chi connectivity index (χ2n) is 8.42. The Morgan fingerprint density at radius 1 is 0.556 bits per heavy atom. The predicted molar refractivity (Wildman–Crippen MR) is 105 cm³/mol. The van der Waals surface area contributed by atoms with E-state index in [1.165, 1.54) is 0 Å². The maximum Gasteiger partial charge on any atom is 0.505 e. The van der Waals surface area contributed by atoms with E-state index in [0.29, 0.717) is 21.3 Å². The van der Waals surface area contributed by atoms with Gasteiger partial charge in [-0.2, -0.15) is 74.6 Å². The first-order valence-electron chi connectivity index (χ1n) is 11.0. The molecule has 0 aliphatic heterocycles. The zero-order valence-corrected chi connectivity index (χ0v) is 23.4. The monoisotopic (exact) mass is 738 g/mol. The zero-order chi connectivity index (χ0) is 36.3. The van der Waals surface area contributed by atoms with Gasteiger partial charge >= 0.3 is 57.2 Å². The van der Waals surface area contributed by atoms with E-state index < -0.39 is 102 Å². The summed E-state index contributed by atoms with van der Waals surface area (Å²) in [6.07, 6.45) is -43.6. The maximum absolute atomic E-state index is 14.0. The van der Waals surface area contributed by atoms with Crippen LogP contribution >= 0.6 is 0 Å². The Morgan fingerprint density at radius 2 is 0.911 bits per heavy atom. The molecule has 0 fully saturated rings. The molecule has 0 saturated carbocycles. The zero-order valence-electron chi connectivity index (χ0n) is 22.4. The van der Waals surface area contributed by atoms with Gasteiger partial charge in [0.2, 0.25) is 0 Å². The van der Waals surface area contributed by atoms with Crippen molar-refractivity contribution in [3.8, 4) is 0 Å². The van der Waals surface area contributed by atoms with Crippen LogP contribution < -0.4 is 0 Å². The lowest BCUT2D eigenvalue weighted by molar-refractivity contribution is -0.465. The topological polar surface area (TPSA) is 64.6 Å². The van der Waals surface area contributed by atoms with Gasteiger partial charge in [-0.3, -0.25) is 9.47 Å². The smallest absolute Gasteiger partial charge is 0.377 e. The van der Waals surface area contributed by atoms with Crippen molar-refractivity contribution < 1.29 is 116 Å². The SMILES string of the molecule is CO[Si](OC)(OC)C(CCOC(F)(F)C(F)OC(F)(F)C(F)(F)C(F)(F)F)COC(F)(F)C(F)OC(F)(F)C(F)(F)C(C)(F)F. The van der Waals surface area contributed by atoms with Gasteiger partial charge in [-0.25, -0.2) is 8.78 Å². The van der Waals surface area contributed by atoms with Gasteiger partial charge in [-0.1, -0.05) is 0 Å². The minimum Gasteiger partial charge on any atom is -0.377 e. The highest BCUT2D eigenvalue weighted by Crippen LogP contribution is 2.49. The summed E-state index contributed by atoms with van der Waals surface area (Å²) in [5, 5.41) is 0. The first-order valence-corrected chi connectivity index (χ1v) is 12.8. The minimum atomic E-state index is -7.20. The van der Waals surface area contributed by atoms with E-state index in [1.807, 2.05) is 0 Å². The molecule has 27 heteroatoms. The summed E-state index contributed by atoms with van der Waals surface area (Å²) >= 11 is 0. The third-order valence-corrected chi connectivity index (χ3v) is 8.42. The highest BCUT2D eigenvalue weighted by molar-refractivity contribution is 6.62. The van der Waals surface area contributed by atoms with E-state index in [1.54, 1.807) is 0 Å². The van der Waals surface area contributed by atoms with Crippen molar-refractivity contribution in [1.29, 1.82) is 0 Å². The largest absolute Gasteiger partial charge is 0.505 e. The third kappa shape index (κ3) is 9.81. The second-order valence-corrected chi connectivity index (χ2v) is 11.7. The molecule has 0 aliphatic rings. The highest BCUT2D eigenvalue weighted by atomic mass is 28.4. The molecule has 0 amide bonds. The van der Waals surface area contributed by atoms with E-state index in [0.717, 1.165) is 0 Å². The quantitative estimate of drug-likeness (QED) is 0.0973. The van der Waals surface area contributed by atoms with Crippen LogP contribution in [-0.4, -0.2) is 104 Å². The Morgan fingerprint density at radius 3 is 1.24 bits per heavy atom. The van der Waals surface area contributed by atoms with Crippen molar-refractivity contribution in [2.45, 2.75) is 80.0 Å². The number of rotatable bonds is 20. The standard InChI is InChI=1S/C18H21F19O7Si/c1-11(21,22)14(27,28)17(34,35)43-10(20)13(25,26)42-7-8(45(38-2,39-3)40-4)5-6-41-12(23,24)9(19)44-18(36,37)15(29,30)16(31,32)33/h8-10H,5-7H2,1-4H3. The first-order chi connectivity index (χ1) is 19.7. The van der Waals surface area contributed by atoms with Gasteiger partial charge in [0, 0.05) is 28.3 Å². The van der Waals surface area contributed by atoms with Crippen molar-refractivity contribution in [2.75, 3.05) is 34.5 Å². The van der Waals surface area contributed by atoms with Crippen molar-refractivity contribution in [1.82, 2.24) is 0 Å². The van der Waals surface area contributed by atoms with E-state index in [9.17, 15) is 83.4 Å². The van der Waals surface area contributed by atoms with Crippen molar-refractivity contribution in [2.24, 2.45) is 0 Å². The molecule has 0 heterocycles. The first kappa shape index (κ1) is 43.6. The van der Waals surface area contributed by atoms with Crippen LogP contribution in [0.15, 0.2) is 0 Å². The summed E-state index contributed by atoms with van der Waals surface area (Å²) < 4.78 is 276. The van der Waals surface area contributed by atoms with Crippen LogP contribution in [0.5, 0.6) is 0 Å². The molecule has 0 aliphatic carbocycles. The van der Waals surface area contributed by atoms with E-state index >= 15 is 0 Å². The molecule has 0 radical (unpaired) electrons.